The van der Waals surface area contributed by atoms with E-state index in [2.05, 4.69) is 14.8 Å². The van der Waals surface area contributed by atoms with Gasteiger partial charge in [0, 0.05) is 32.2 Å². The first kappa shape index (κ1) is 13.4. The molecule has 3 rings (SSSR count). The molecular formula is C15H22N4O. The zero-order chi connectivity index (χ0) is 13.9. The van der Waals surface area contributed by atoms with E-state index in [4.69, 9.17) is 5.73 Å². The van der Waals surface area contributed by atoms with Gasteiger partial charge in [-0.05, 0) is 25.0 Å². The molecule has 5 nitrogen and oxygen atoms in total. The maximum Gasteiger partial charge on any atom is 0.267 e. The number of hydrogen-bond acceptors (Lipinski definition) is 4. The number of piperazine rings is 1. The highest BCUT2D eigenvalue weighted by atomic mass is 16.1. The summed E-state index contributed by atoms with van der Waals surface area (Å²) in [6, 6.07) is 6.27. The summed E-state index contributed by atoms with van der Waals surface area (Å²) in [7, 11) is 0. The number of anilines is 1. The van der Waals surface area contributed by atoms with E-state index in [1.165, 1.54) is 25.7 Å². The standard InChI is InChI=1S/C15H22N4O/c16-15(20)13-6-3-7-14(17-13)19-10-8-18(9-11-19)12-4-1-2-5-12/h3,6-7,12H,1-2,4-5,8-11H2,(H2,16,20). The van der Waals surface area contributed by atoms with Crippen molar-refractivity contribution in [2.45, 2.75) is 31.7 Å². The van der Waals surface area contributed by atoms with Gasteiger partial charge in [-0.3, -0.25) is 9.69 Å². The minimum Gasteiger partial charge on any atom is -0.364 e. The molecule has 0 spiro atoms. The fraction of sp³-hybridized carbons (Fsp3) is 0.600. The van der Waals surface area contributed by atoms with Gasteiger partial charge in [-0.2, -0.15) is 0 Å². The Labute approximate surface area is 119 Å². The summed E-state index contributed by atoms with van der Waals surface area (Å²) in [5, 5.41) is 0. The predicted octanol–water partition coefficient (Wildman–Crippen LogP) is 1.25. The van der Waals surface area contributed by atoms with Gasteiger partial charge in [0.25, 0.3) is 5.91 Å². The van der Waals surface area contributed by atoms with Crippen molar-refractivity contribution in [3.63, 3.8) is 0 Å². The fourth-order valence-corrected chi connectivity index (χ4v) is 3.32. The molecule has 1 saturated heterocycles. The van der Waals surface area contributed by atoms with Crippen molar-refractivity contribution < 1.29 is 4.79 Å². The lowest BCUT2D eigenvalue weighted by atomic mass is 10.2. The van der Waals surface area contributed by atoms with E-state index in [0.717, 1.165) is 38.0 Å². The maximum atomic E-state index is 11.2. The largest absolute Gasteiger partial charge is 0.364 e. The van der Waals surface area contributed by atoms with Crippen LogP contribution in [0.15, 0.2) is 18.2 Å². The van der Waals surface area contributed by atoms with Crippen molar-refractivity contribution in [1.82, 2.24) is 9.88 Å². The summed E-state index contributed by atoms with van der Waals surface area (Å²) < 4.78 is 0. The minimum absolute atomic E-state index is 0.348. The Morgan fingerprint density at radius 3 is 2.50 bits per heavy atom. The molecule has 2 aliphatic rings. The topological polar surface area (TPSA) is 62.5 Å². The second-order valence-corrected chi connectivity index (χ2v) is 5.71. The van der Waals surface area contributed by atoms with Crippen molar-refractivity contribution in [1.29, 1.82) is 0 Å². The molecule has 0 atom stereocenters. The monoisotopic (exact) mass is 274 g/mol. The number of carbonyl (C=O) groups excluding carboxylic acids is 1. The third-order valence-corrected chi connectivity index (χ3v) is 4.47. The SMILES string of the molecule is NC(=O)c1cccc(N2CCN(C3CCCC3)CC2)n1. The van der Waals surface area contributed by atoms with Gasteiger partial charge in [-0.25, -0.2) is 4.98 Å². The average Bonchev–Trinajstić information content (AvgIpc) is 3.02. The number of nitrogens with two attached hydrogens (primary N) is 1. The Bertz CT molecular complexity index is 477. The van der Waals surface area contributed by atoms with Crippen LogP contribution in [-0.2, 0) is 0 Å². The van der Waals surface area contributed by atoms with E-state index in [1.807, 2.05) is 12.1 Å². The van der Waals surface area contributed by atoms with Crippen LogP contribution in [0.4, 0.5) is 5.82 Å². The van der Waals surface area contributed by atoms with Gasteiger partial charge in [-0.1, -0.05) is 18.9 Å². The first-order valence-electron chi connectivity index (χ1n) is 7.50. The zero-order valence-electron chi connectivity index (χ0n) is 11.8. The minimum atomic E-state index is -0.462. The second-order valence-electron chi connectivity index (χ2n) is 5.71. The Balaban J connectivity index is 1.62. The van der Waals surface area contributed by atoms with E-state index < -0.39 is 5.91 Å². The molecule has 2 N–H and O–H groups in total. The lowest BCUT2D eigenvalue weighted by molar-refractivity contribution is 0.0995. The van der Waals surface area contributed by atoms with E-state index in [1.54, 1.807) is 6.07 Å². The quantitative estimate of drug-likeness (QED) is 0.901. The van der Waals surface area contributed by atoms with Crippen molar-refractivity contribution in [2.75, 3.05) is 31.1 Å². The molecule has 0 bridgehead atoms. The lowest BCUT2D eigenvalue weighted by Crippen LogP contribution is -2.50. The number of pyridine rings is 1. The van der Waals surface area contributed by atoms with E-state index in [9.17, 15) is 4.79 Å². The molecule has 5 heteroatoms. The summed E-state index contributed by atoms with van der Waals surface area (Å²) in [6.07, 6.45) is 5.48. The number of rotatable bonds is 3. The first-order valence-corrected chi connectivity index (χ1v) is 7.50. The van der Waals surface area contributed by atoms with Crippen LogP contribution in [0.2, 0.25) is 0 Å². The van der Waals surface area contributed by atoms with Crippen LogP contribution >= 0.6 is 0 Å². The Kier molecular flexibility index (Phi) is 3.87. The van der Waals surface area contributed by atoms with Gasteiger partial charge < -0.3 is 10.6 Å². The van der Waals surface area contributed by atoms with E-state index in [-0.39, 0.29) is 0 Å². The summed E-state index contributed by atoms with van der Waals surface area (Å²) in [5.74, 6) is 0.406. The molecule has 2 heterocycles. The highest BCUT2D eigenvalue weighted by Crippen LogP contribution is 2.25. The van der Waals surface area contributed by atoms with Gasteiger partial charge in [0.1, 0.15) is 11.5 Å². The molecule has 1 aliphatic carbocycles. The number of hydrogen-bond donors (Lipinski definition) is 1. The smallest absolute Gasteiger partial charge is 0.267 e. The molecule has 20 heavy (non-hydrogen) atoms. The molecule has 2 fully saturated rings. The molecule has 108 valence electrons. The van der Waals surface area contributed by atoms with Crippen molar-refractivity contribution in [3.05, 3.63) is 23.9 Å². The molecule has 1 aromatic rings. The van der Waals surface area contributed by atoms with Crippen LogP contribution in [0.3, 0.4) is 0 Å². The third-order valence-electron chi connectivity index (χ3n) is 4.47. The van der Waals surface area contributed by atoms with Gasteiger partial charge in [0.15, 0.2) is 0 Å². The van der Waals surface area contributed by atoms with Crippen LogP contribution in [0, 0.1) is 0 Å². The van der Waals surface area contributed by atoms with Crippen LogP contribution in [0.1, 0.15) is 36.2 Å². The molecular weight excluding hydrogens is 252 g/mol. The predicted molar refractivity (Wildman–Crippen MR) is 78.8 cm³/mol. The van der Waals surface area contributed by atoms with E-state index in [0.29, 0.717) is 5.69 Å². The second kappa shape index (κ2) is 5.79. The molecule has 1 saturated carbocycles. The fourth-order valence-electron chi connectivity index (χ4n) is 3.32. The van der Waals surface area contributed by atoms with E-state index >= 15 is 0 Å². The Morgan fingerprint density at radius 1 is 1.15 bits per heavy atom. The van der Waals surface area contributed by atoms with Crippen LogP contribution in [0.25, 0.3) is 0 Å². The van der Waals surface area contributed by atoms with Crippen LogP contribution in [-0.4, -0.2) is 48.0 Å². The number of primary amides is 1. The molecule has 0 radical (unpaired) electrons. The number of carbonyl (C=O) groups is 1. The molecule has 1 aliphatic heterocycles. The summed E-state index contributed by atoms with van der Waals surface area (Å²) in [4.78, 5) is 20.4. The van der Waals surface area contributed by atoms with Crippen LogP contribution < -0.4 is 10.6 Å². The normalized spacial score (nSPS) is 21.3. The zero-order valence-corrected chi connectivity index (χ0v) is 11.8. The first-order chi connectivity index (χ1) is 9.74. The lowest BCUT2D eigenvalue weighted by Gasteiger charge is -2.38. The van der Waals surface area contributed by atoms with Crippen molar-refractivity contribution in [3.8, 4) is 0 Å². The summed E-state index contributed by atoms with van der Waals surface area (Å²) in [6.45, 7) is 4.14. The number of nitrogens with zero attached hydrogens (tertiary/aromatic N) is 3. The maximum absolute atomic E-state index is 11.2. The van der Waals surface area contributed by atoms with Crippen molar-refractivity contribution >= 4 is 11.7 Å². The molecule has 1 amide bonds. The highest BCUT2D eigenvalue weighted by molar-refractivity contribution is 5.91. The summed E-state index contributed by atoms with van der Waals surface area (Å²) in [5.41, 5.74) is 5.64. The molecule has 0 unspecified atom stereocenters. The third kappa shape index (κ3) is 2.77. The summed E-state index contributed by atoms with van der Waals surface area (Å²) >= 11 is 0. The average molecular weight is 274 g/mol. The van der Waals surface area contributed by atoms with Gasteiger partial charge >= 0.3 is 0 Å². The van der Waals surface area contributed by atoms with Gasteiger partial charge in [-0.15, -0.1) is 0 Å². The number of amides is 1. The number of aromatic nitrogens is 1. The van der Waals surface area contributed by atoms with Crippen LogP contribution in [0.5, 0.6) is 0 Å². The highest BCUT2D eigenvalue weighted by Gasteiger charge is 2.26. The Morgan fingerprint density at radius 2 is 1.85 bits per heavy atom. The van der Waals surface area contributed by atoms with Gasteiger partial charge in [0.2, 0.25) is 0 Å². The van der Waals surface area contributed by atoms with Crippen molar-refractivity contribution in [2.24, 2.45) is 5.73 Å². The van der Waals surface area contributed by atoms with Gasteiger partial charge in [0.05, 0.1) is 0 Å². The molecule has 1 aromatic heterocycles. The molecule has 0 aromatic carbocycles. The Hall–Kier alpha value is -1.62.